The second-order valence-corrected chi connectivity index (χ2v) is 6.93. The highest BCUT2D eigenvalue weighted by Gasteiger charge is 2.02. The smallest absolute Gasteiger partial charge is 0.224 e. The van der Waals surface area contributed by atoms with Gasteiger partial charge in [0.25, 0.3) is 0 Å². The van der Waals surface area contributed by atoms with E-state index in [4.69, 9.17) is 0 Å². The Balaban J connectivity index is 2.16. The first-order valence-electron chi connectivity index (χ1n) is 10.1. The molecule has 1 rings (SSSR count). The number of rotatable bonds is 14. The van der Waals surface area contributed by atoms with Crippen LogP contribution in [0.25, 0.3) is 0 Å². The second kappa shape index (κ2) is 14.1. The van der Waals surface area contributed by atoms with Crippen LogP contribution in [0.5, 0.6) is 0 Å². The Bertz CT molecular complexity index is 424. The largest absolute Gasteiger partial charge is 0.326 e. The number of carbonyl (C=O) groups is 1. The fraction of sp³-hybridized carbons (Fsp3) is 0.682. The molecule has 0 saturated heterocycles. The third-order valence-corrected chi connectivity index (χ3v) is 4.56. The number of hydrogen-bond donors (Lipinski definition) is 1. The van der Waals surface area contributed by atoms with Gasteiger partial charge in [0.15, 0.2) is 0 Å². The summed E-state index contributed by atoms with van der Waals surface area (Å²) in [4.78, 5) is 11.9. The van der Waals surface area contributed by atoms with Gasteiger partial charge in [0, 0.05) is 12.1 Å². The summed E-state index contributed by atoms with van der Waals surface area (Å²) >= 11 is 0. The van der Waals surface area contributed by atoms with Gasteiger partial charge in [0.1, 0.15) is 0 Å². The highest BCUT2D eigenvalue weighted by molar-refractivity contribution is 5.90. The van der Waals surface area contributed by atoms with Crippen LogP contribution in [0.15, 0.2) is 24.3 Å². The monoisotopic (exact) mass is 331 g/mol. The molecule has 1 aromatic carbocycles. The number of anilines is 1. The molecule has 0 aliphatic heterocycles. The molecule has 0 aliphatic rings. The number of carbonyl (C=O) groups excluding carboxylic acids is 1. The summed E-state index contributed by atoms with van der Waals surface area (Å²) in [5.74, 6) is 0.148. The van der Waals surface area contributed by atoms with E-state index in [1.807, 2.05) is 12.1 Å². The number of benzene rings is 1. The maximum absolute atomic E-state index is 11.9. The van der Waals surface area contributed by atoms with Crippen molar-refractivity contribution in [3.63, 3.8) is 0 Å². The predicted molar refractivity (Wildman–Crippen MR) is 106 cm³/mol. The molecular weight excluding hydrogens is 294 g/mol. The summed E-state index contributed by atoms with van der Waals surface area (Å²) < 4.78 is 0. The number of amides is 1. The molecule has 0 saturated carbocycles. The molecule has 0 aliphatic carbocycles. The van der Waals surface area contributed by atoms with E-state index in [0.29, 0.717) is 6.42 Å². The van der Waals surface area contributed by atoms with Crippen LogP contribution in [0, 0.1) is 0 Å². The van der Waals surface area contributed by atoms with E-state index in [2.05, 4.69) is 31.3 Å². The van der Waals surface area contributed by atoms with E-state index in [1.54, 1.807) is 0 Å². The lowest BCUT2D eigenvalue weighted by Crippen LogP contribution is -2.10. The molecule has 0 spiro atoms. The van der Waals surface area contributed by atoms with Gasteiger partial charge < -0.3 is 5.32 Å². The highest BCUT2D eigenvalue weighted by Crippen LogP contribution is 2.14. The second-order valence-electron chi connectivity index (χ2n) is 6.93. The standard InChI is InChI=1S/C22H37NO/c1-3-5-7-9-11-12-14-20-16-18-21(19-17-20)23-22(24)15-13-10-8-6-4-2/h16-19H,3-15H2,1-2H3,(H,23,24). The minimum absolute atomic E-state index is 0.148. The number of aryl methyl sites for hydroxylation is 1. The summed E-state index contributed by atoms with van der Waals surface area (Å²) in [6, 6.07) is 8.40. The maximum atomic E-state index is 11.9. The first kappa shape index (κ1) is 20.7. The molecule has 0 fully saturated rings. The van der Waals surface area contributed by atoms with Crippen molar-refractivity contribution in [1.82, 2.24) is 0 Å². The Kier molecular flexibility index (Phi) is 12.2. The van der Waals surface area contributed by atoms with Crippen molar-refractivity contribution in [2.75, 3.05) is 5.32 Å². The topological polar surface area (TPSA) is 29.1 Å². The average Bonchev–Trinajstić information content (AvgIpc) is 2.59. The number of nitrogens with one attached hydrogen (secondary N) is 1. The lowest BCUT2D eigenvalue weighted by atomic mass is 10.0. The lowest BCUT2D eigenvalue weighted by molar-refractivity contribution is -0.116. The van der Waals surface area contributed by atoms with Gasteiger partial charge in [-0.3, -0.25) is 4.79 Å². The van der Waals surface area contributed by atoms with Gasteiger partial charge in [-0.15, -0.1) is 0 Å². The van der Waals surface area contributed by atoms with Crippen molar-refractivity contribution in [2.45, 2.75) is 97.3 Å². The van der Waals surface area contributed by atoms with Gasteiger partial charge in [0.2, 0.25) is 5.91 Å². The fourth-order valence-electron chi connectivity index (χ4n) is 2.98. The Hall–Kier alpha value is -1.31. The predicted octanol–water partition coefficient (Wildman–Crippen LogP) is 6.89. The average molecular weight is 332 g/mol. The quantitative estimate of drug-likeness (QED) is 0.369. The molecule has 2 heteroatoms. The fourth-order valence-corrected chi connectivity index (χ4v) is 2.98. The van der Waals surface area contributed by atoms with Crippen molar-refractivity contribution < 1.29 is 4.79 Å². The minimum atomic E-state index is 0.148. The van der Waals surface area contributed by atoms with E-state index in [0.717, 1.165) is 18.5 Å². The van der Waals surface area contributed by atoms with Gasteiger partial charge in [-0.1, -0.05) is 83.8 Å². The Morgan fingerprint density at radius 3 is 1.92 bits per heavy atom. The molecule has 1 aromatic rings. The molecule has 0 radical (unpaired) electrons. The van der Waals surface area contributed by atoms with Crippen molar-refractivity contribution in [3.8, 4) is 0 Å². The summed E-state index contributed by atoms with van der Waals surface area (Å²) in [6.45, 7) is 4.47. The molecule has 136 valence electrons. The number of unbranched alkanes of at least 4 members (excludes halogenated alkanes) is 9. The molecule has 0 bridgehead atoms. The van der Waals surface area contributed by atoms with Gasteiger partial charge >= 0.3 is 0 Å². The molecule has 0 aromatic heterocycles. The maximum Gasteiger partial charge on any atom is 0.224 e. The van der Waals surface area contributed by atoms with E-state index < -0.39 is 0 Å². The summed E-state index contributed by atoms with van der Waals surface area (Å²) in [5.41, 5.74) is 2.31. The van der Waals surface area contributed by atoms with Crippen LogP contribution in [0.3, 0.4) is 0 Å². The van der Waals surface area contributed by atoms with Crippen LogP contribution >= 0.6 is 0 Å². The molecule has 0 unspecified atom stereocenters. The van der Waals surface area contributed by atoms with Crippen molar-refractivity contribution in [2.24, 2.45) is 0 Å². The minimum Gasteiger partial charge on any atom is -0.326 e. The summed E-state index contributed by atoms with van der Waals surface area (Å²) in [7, 11) is 0. The first-order chi connectivity index (χ1) is 11.8. The van der Waals surface area contributed by atoms with Gasteiger partial charge in [-0.2, -0.15) is 0 Å². The summed E-state index contributed by atoms with van der Waals surface area (Å²) in [6.07, 6.45) is 15.8. The van der Waals surface area contributed by atoms with Crippen LogP contribution in [0.4, 0.5) is 5.69 Å². The van der Waals surface area contributed by atoms with Gasteiger partial charge in [-0.05, 0) is 37.0 Å². The third-order valence-electron chi connectivity index (χ3n) is 4.56. The van der Waals surface area contributed by atoms with Crippen LogP contribution in [0.2, 0.25) is 0 Å². The summed E-state index contributed by atoms with van der Waals surface area (Å²) in [5, 5.41) is 3.01. The van der Waals surface area contributed by atoms with E-state index in [9.17, 15) is 4.79 Å². The Labute approximate surface area is 149 Å². The zero-order chi connectivity index (χ0) is 17.5. The van der Waals surface area contributed by atoms with Crippen molar-refractivity contribution in [3.05, 3.63) is 29.8 Å². The Morgan fingerprint density at radius 1 is 0.750 bits per heavy atom. The van der Waals surface area contributed by atoms with Crippen LogP contribution < -0.4 is 5.32 Å². The van der Waals surface area contributed by atoms with Crippen LogP contribution in [-0.2, 0) is 11.2 Å². The molecule has 0 atom stereocenters. The molecule has 24 heavy (non-hydrogen) atoms. The van der Waals surface area contributed by atoms with Gasteiger partial charge in [-0.25, -0.2) is 0 Å². The molecule has 2 nitrogen and oxygen atoms in total. The SMILES string of the molecule is CCCCCCCCc1ccc(NC(=O)CCCCCCC)cc1. The van der Waals surface area contributed by atoms with E-state index >= 15 is 0 Å². The Morgan fingerprint density at radius 2 is 1.29 bits per heavy atom. The zero-order valence-electron chi connectivity index (χ0n) is 15.9. The molecular formula is C22H37NO. The first-order valence-corrected chi connectivity index (χ1v) is 10.1. The lowest BCUT2D eigenvalue weighted by Gasteiger charge is -2.07. The number of hydrogen-bond acceptors (Lipinski definition) is 1. The van der Waals surface area contributed by atoms with E-state index in [1.165, 1.54) is 69.8 Å². The van der Waals surface area contributed by atoms with E-state index in [-0.39, 0.29) is 5.91 Å². The molecule has 1 N–H and O–H groups in total. The zero-order valence-corrected chi connectivity index (χ0v) is 15.9. The molecule has 0 heterocycles. The third kappa shape index (κ3) is 10.5. The van der Waals surface area contributed by atoms with Gasteiger partial charge in [0.05, 0.1) is 0 Å². The van der Waals surface area contributed by atoms with Crippen molar-refractivity contribution >= 4 is 11.6 Å². The van der Waals surface area contributed by atoms with Crippen LogP contribution in [0.1, 0.15) is 96.5 Å². The highest BCUT2D eigenvalue weighted by atomic mass is 16.1. The van der Waals surface area contributed by atoms with Crippen molar-refractivity contribution in [1.29, 1.82) is 0 Å². The van der Waals surface area contributed by atoms with Crippen LogP contribution in [-0.4, -0.2) is 5.91 Å². The molecule has 1 amide bonds. The normalized spacial score (nSPS) is 10.8.